The van der Waals surface area contributed by atoms with E-state index in [9.17, 15) is 13.2 Å². The molecule has 0 radical (unpaired) electrons. The largest absolute Gasteiger partial charge is 0.375 e. The second-order valence-corrected chi connectivity index (χ2v) is 4.07. The molecule has 0 saturated heterocycles. The van der Waals surface area contributed by atoms with Crippen molar-refractivity contribution in [3.8, 4) is 0 Å². The quantitative estimate of drug-likeness (QED) is 0.726. The Hall–Kier alpha value is -1.07. The standard InChI is InChI=1S/C13H18F3NO/c1-17-12(6-7-18-9-13(15)16)8-10-2-4-11(14)5-3-10/h2-5,12-13,17H,6-9H2,1H3. The van der Waals surface area contributed by atoms with Crippen molar-refractivity contribution >= 4 is 0 Å². The van der Waals surface area contributed by atoms with Gasteiger partial charge < -0.3 is 10.1 Å². The zero-order chi connectivity index (χ0) is 13.4. The van der Waals surface area contributed by atoms with Crippen LogP contribution in [0.3, 0.4) is 0 Å². The molecule has 0 aromatic heterocycles. The summed E-state index contributed by atoms with van der Waals surface area (Å²) in [6.07, 6.45) is -1.06. The van der Waals surface area contributed by atoms with E-state index in [2.05, 4.69) is 5.32 Å². The van der Waals surface area contributed by atoms with E-state index in [0.29, 0.717) is 6.42 Å². The van der Waals surface area contributed by atoms with Gasteiger partial charge in [-0.05, 0) is 37.6 Å². The highest BCUT2D eigenvalue weighted by Crippen LogP contribution is 2.08. The number of nitrogens with one attached hydrogen (secondary N) is 1. The van der Waals surface area contributed by atoms with Gasteiger partial charge in [0, 0.05) is 12.6 Å². The highest BCUT2D eigenvalue weighted by Gasteiger charge is 2.08. The van der Waals surface area contributed by atoms with Crippen molar-refractivity contribution in [2.24, 2.45) is 0 Å². The van der Waals surface area contributed by atoms with E-state index in [0.717, 1.165) is 12.0 Å². The van der Waals surface area contributed by atoms with E-state index in [1.54, 1.807) is 19.2 Å². The Morgan fingerprint density at radius 3 is 2.44 bits per heavy atom. The second kappa shape index (κ2) is 8.11. The number of rotatable bonds is 8. The first-order chi connectivity index (χ1) is 8.61. The fourth-order valence-electron chi connectivity index (χ4n) is 1.65. The van der Waals surface area contributed by atoms with Crippen molar-refractivity contribution in [3.63, 3.8) is 0 Å². The van der Waals surface area contributed by atoms with E-state index in [4.69, 9.17) is 4.74 Å². The lowest BCUT2D eigenvalue weighted by molar-refractivity contribution is 0.0146. The van der Waals surface area contributed by atoms with Gasteiger partial charge in [0.2, 0.25) is 0 Å². The number of likely N-dealkylation sites (N-methyl/N-ethyl adjacent to an activating group) is 1. The lowest BCUT2D eigenvalue weighted by Gasteiger charge is -2.16. The van der Waals surface area contributed by atoms with E-state index in [1.807, 2.05) is 0 Å². The average Bonchev–Trinajstić information content (AvgIpc) is 2.35. The smallest absolute Gasteiger partial charge is 0.261 e. The average molecular weight is 261 g/mol. The molecule has 1 N–H and O–H groups in total. The predicted molar refractivity (Wildman–Crippen MR) is 64.4 cm³/mol. The van der Waals surface area contributed by atoms with Crippen LogP contribution in [0.1, 0.15) is 12.0 Å². The second-order valence-electron chi connectivity index (χ2n) is 4.07. The van der Waals surface area contributed by atoms with Crippen LogP contribution in [0.15, 0.2) is 24.3 Å². The van der Waals surface area contributed by atoms with Gasteiger partial charge in [0.25, 0.3) is 6.43 Å². The fraction of sp³-hybridized carbons (Fsp3) is 0.538. The summed E-state index contributed by atoms with van der Waals surface area (Å²) in [5, 5.41) is 3.09. The van der Waals surface area contributed by atoms with Gasteiger partial charge in [-0.2, -0.15) is 0 Å². The number of alkyl halides is 2. The molecule has 1 unspecified atom stereocenters. The Morgan fingerprint density at radius 1 is 1.22 bits per heavy atom. The molecule has 0 aliphatic carbocycles. The summed E-state index contributed by atoms with van der Waals surface area (Å²) in [6, 6.07) is 6.40. The molecule has 1 rings (SSSR count). The molecule has 18 heavy (non-hydrogen) atoms. The summed E-state index contributed by atoms with van der Waals surface area (Å²) in [4.78, 5) is 0. The molecule has 1 aromatic carbocycles. The van der Waals surface area contributed by atoms with Crippen LogP contribution in [-0.4, -0.2) is 32.7 Å². The normalized spacial score (nSPS) is 12.9. The molecule has 1 atom stereocenters. The fourth-order valence-corrected chi connectivity index (χ4v) is 1.65. The number of hydrogen-bond acceptors (Lipinski definition) is 2. The van der Waals surface area contributed by atoms with Gasteiger partial charge in [-0.25, -0.2) is 13.2 Å². The van der Waals surface area contributed by atoms with Crippen molar-refractivity contribution in [1.82, 2.24) is 5.32 Å². The van der Waals surface area contributed by atoms with Gasteiger partial charge in [0.15, 0.2) is 0 Å². The topological polar surface area (TPSA) is 21.3 Å². The Labute approximate surface area is 105 Å². The maximum absolute atomic E-state index is 12.7. The van der Waals surface area contributed by atoms with Crippen molar-refractivity contribution in [2.75, 3.05) is 20.3 Å². The molecule has 1 aromatic rings. The highest BCUT2D eigenvalue weighted by atomic mass is 19.3. The van der Waals surface area contributed by atoms with Gasteiger partial charge in [0.05, 0.1) is 0 Å². The molecular formula is C13H18F3NO. The molecule has 5 heteroatoms. The first kappa shape index (κ1) is 15.0. The van der Waals surface area contributed by atoms with E-state index in [-0.39, 0.29) is 18.5 Å². The zero-order valence-corrected chi connectivity index (χ0v) is 10.3. The van der Waals surface area contributed by atoms with Crippen LogP contribution < -0.4 is 5.32 Å². The van der Waals surface area contributed by atoms with Gasteiger partial charge >= 0.3 is 0 Å². The van der Waals surface area contributed by atoms with Crippen LogP contribution in [0, 0.1) is 5.82 Å². The molecule has 0 saturated carbocycles. The summed E-state index contributed by atoms with van der Waals surface area (Å²) < 4.78 is 41.3. The first-order valence-corrected chi connectivity index (χ1v) is 5.89. The van der Waals surface area contributed by atoms with Crippen LogP contribution in [0.5, 0.6) is 0 Å². The van der Waals surface area contributed by atoms with Crippen LogP contribution in [0.2, 0.25) is 0 Å². The third-order valence-corrected chi connectivity index (χ3v) is 2.66. The summed E-state index contributed by atoms with van der Waals surface area (Å²) in [6.45, 7) is -0.232. The molecule has 0 spiro atoms. The predicted octanol–water partition coefficient (Wildman–Crippen LogP) is 2.63. The maximum Gasteiger partial charge on any atom is 0.261 e. The Bertz CT molecular complexity index is 330. The molecular weight excluding hydrogens is 243 g/mol. The van der Waals surface area contributed by atoms with Crippen molar-refractivity contribution < 1.29 is 17.9 Å². The summed E-state index contributed by atoms with van der Waals surface area (Å²) >= 11 is 0. The minimum atomic E-state index is -2.42. The monoisotopic (exact) mass is 261 g/mol. The Kier molecular flexibility index (Phi) is 6.75. The van der Waals surface area contributed by atoms with Crippen molar-refractivity contribution in [2.45, 2.75) is 25.3 Å². The third kappa shape index (κ3) is 6.02. The van der Waals surface area contributed by atoms with Gasteiger partial charge in [-0.15, -0.1) is 0 Å². The Morgan fingerprint density at radius 2 is 1.89 bits per heavy atom. The van der Waals surface area contributed by atoms with Crippen molar-refractivity contribution in [1.29, 1.82) is 0 Å². The Balaban J connectivity index is 2.30. The number of ether oxygens (including phenoxy) is 1. The van der Waals surface area contributed by atoms with Crippen LogP contribution in [0.4, 0.5) is 13.2 Å². The lowest BCUT2D eigenvalue weighted by Crippen LogP contribution is -2.29. The van der Waals surface area contributed by atoms with Crippen LogP contribution in [-0.2, 0) is 11.2 Å². The summed E-state index contributed by atoms with van der Waals surface area (Å²) in [5.74, 6) is -0.264. The molecule has 2 nitrogen and oxygen atoms in total. The molecule has 0 bridgehead atoms. The molecule has 0 aliphatic rings. The number of benzene rings is 1. The van der Waals surface area contributed by atoms with Gasteiger partial charge in [-0.1, -0.05) is 12.1 Å². The van der Waals surface area contributed by atoms with E-state index in [1.165, 1.54) is 12.1 Å². The summed E-state index contributed by atoms with van der Waals surface area (Å²) in [7, 11) is 1.81. The van der Waals surface area contributed by atoms with Crippen LogP contribution >= 0.6 is 0 Å². The molecule has 0 aliphatic heterocycles. The molecule has 0 fully saturated rings. The maximum atomic E-state index is 12.7. The number of hydrogen-bond donors (Lipinski definition) is 1. The van der Waals surface area contributed by atoms with Gasteiger partial charge in [-0.3, -0.25) is 0 Å². The van der Waals surface area contributed by atoms with E-state index >= 15 is 0 Å². The van der Waals surface area contributed by atoms with E-state index < -0.39 is 13.0 Å². The molecule has 102 valence electrons. The molecule has 0 heterocycles. The molecule has 0 amide bonds. The minimum Gasteiger partial charge on any atom is -0.375 e. The first-order valence-electron chi connectivity index (χ1n) is 5.89. The zero-order valence-electron chi connectivity index (χ0n) is 10.3. The summed E-state index contributed by atoms with van der Waals surface area (Å²) in [5.41, 5.74) is 1.00. The number of halogens is 3. The minimum absolute atomic E-state index is 0.133. The van der Waals surface area contributed by atoms with Crippen LogP contribution in [0.25, 0.3) is 0 Å². The van der Waals surface area contributed by atoms with Crippen molar-refractivity contribution in [3.05, 3.63) is 35.6 Å². The third-order valence-electron chi connectivity index (χ3n) is 2.66. The SMILES string of the molecule is CNC(CCOCC(F)F)Cc1ccc(F)cc1. The lowest BCUT2D eigenvalue weighted by atomic mass is 10.0. The highest BCUT2D eigenvalue weighted by molar-refractivity contribution is 5.17. The van der Waals surface area contributed by atoms with Gasteiger partial charge in [0.1, 0.15) is 12.4 Å².